The van der Waals surface area contributed by atoms with Crippen molar-refractivity contribution in [2.24, 2.45) is 11.7 Å². The zero-order chi connectivity index (χ0) is 15.5. The molecule has 1 aromatic carbocycles. The van der Waals surface area contributed by atoms with Gasteiger partial charge in [-0.05, 0) is 56.3 Å². The molecule has 0 saturated carbocycles. The fourth-order valence-corrected chi connectivity index (χ4v) is 4.66. The molecule has 1 saturated heterocycles. The second-order valence-corrected chi connectivity index (χ2v) is 7.89. The molecule has 0 spiro atoms. The molecular formula is C16H26N2O2S. The lowest BCUT2D eigenvalue weighted by Gasteiger charge is -2.36. The van der Waals surface area contributed by atoms with Gasteiger partial charge in [-0.1, -0.05) is 25.5 Å². The van der Waals surface area contributed by atoms with Crippen molar-refractivity contribution >= 4 is 10.0 Å². The quantitative estimate of drug-likeness (QED) is 0.908. The molecular weight excluding hydrogens is 284 g/mol. The van der Waals surface area contributed by atoms with Crippen molar-refractivity contribution in [2.45, 2.75) is 50.5 Å². The monoisotopic (exact) mass is 310 g/mol. The third-order valence-electron chi connectivity index (χ3n) is 4.32. The molecule has 0 aliphatic carbocycles. The van der Waals surface area contributed by atoms with Gasteiger partial charge in [0, 0.05) is 12.6 Å². The summed E-state index contributed by atoms with van der Waals surface area (Å²) < 4.78 is 27.3. The van der Waals surface area contributed by atoms with Gasteiger partial charge in [0.15, 0.2) is 0 Å². The van der Waals surface area contributed by atoms with Crippen LogP contribution >= 0.6 is 0 Å². The van der Waals surface area contributed by atoms with Gasteiger partial charge in [0.2, 0.25) is 10.0 Å². The average molecular weight is 310 g/mol. The summed E-state index contributed by atoms with van der Waals surface area (Å²) in [5.41, 5.74) is 6.91. The topological polar surface area (TPSA) is 63.4 Å². The Bertz CT molecular complexity index is 554. The third-order valence-corrected chi connectivity index (χ3v) is 6.32. The van der Waals surface area contributed by atoms with Crippen LogP contribution in [0, 0.1) is 5.92 Å². The summed E-state index contributed by atoms with van der Waals surface area (Å²) in [6, 6.07) is 7.36. The molecule has 2 unspecified atom stereocenters. The highest BCUT2D eigenvalue weighted by atomic mass is 32.2. The molecule has 2 N–H and O–H groups in total. The fraction of sp³-hybridized carbons (Fsp3) is 0.625. The smallest absolute Gasteiger partial charge is 0.243 e. The second-order valence-electron chi connectivity index (χ2n) is 6.00. The van der Waals surface area contributed by atoms with Crippen molar-refractivity contribution in [1.82, 2.24) is 4.31 Å². The van der Waals surface area contributed by atoms with Crippen molar-refractivity contribution < 1.29 is 8.42 Å². The van der Waals surface area contributed by atoms with E-state index in [-0.39, 0.29) is 12.0 Å². The first-order valence-corrected chi connectivity index (χ1v) is 9.24. The van der Waals surface area contributed by atoms with E-state index in [1.165, 1.54) is 5.56 Å². The first-order chi connectivity index (χ1) is 9.98. The fourth-order valence-electron chi connectivity index (χ4n) is 2.93. The minimum Gasteiger partial charge on any atom is -0.330 e. The third kappa shape index (κ3) is 3.65. The Morgan fingerprint density at radius 3 is 2.48 bits per heavy atom. The van der Waals surface area contributed by atoms with E-state index in [9.17, 15) is 8.42 Å². The van der Waals surface area contributed by atoms with Crippen molar-refractivity contribution in [2.75, 3.05) is 13.1 Å². The van der Waals surface area contributed by atoms with E-state index in [0.717, 1.165) is 25.7 Å². The number of nitrogens with two attached hydrogens (primary N) is 1. The van der Waals surface area contributed by atoms with Gasteiger partial charge in [-0.2, -0.15) is 4.31 Å². The standard InChI is InChI=1S/C16H26N2O2S/c1-3-4-14-7-9-16(10-8-14)21(19,20)18-12-15(11-17)6-5-13(18)2/h7-10,13,15H,3-6,11-12,17H2,1-2H3. The maximum atomic E-state index is 12.8. The predicted octanol–water partition coefficient (Wildman–Crippen LogP) is 2.39. The van der Waals surface area contributed by atoms with E-state index in [1.54, 1.807) is 16.4 Å². The van der Waals surface area contributed by atoms with Crippen LogP contribution in [0.15, 0.2) is 29.2 Å². The minimum absolute atomic E-state index is 0.0492. The number of rotatable bonds is 5. The second kappa shape index (κ2) is 6.90. The number of sulfonamides is 1. The molecule has 21 heavy (non-hydrogen) atoms. The van der Waals surface area contributed by atoms with Gasteiger partial charge < -0.3 is 5.73 Å². The van der Waals surface area contributed by atoms with E-state index in [1.807, 2.05) is 19.1 Å². The van der Waals surface area contributed by atoms with Gasteiger partial charge in [-0.25, -0.2) is 8.42 Å². The zero-order valence-electron chi connectivity index (χ0n) is 13.0. The molecule has 1 fully saturated rings. The molecule has 0 amide bonds. The molecule has 1 aliphatic rings. The van der Waals surface area contributed by atoms with Crippen LogP contribution in [0.5, 0.6) is 0 Å². The maximum Gasteiger partial charge on any atom is 0.243 e. The van der Waals surface area contributed by atoms with Crippen molar-refractivity contribution in [3.63, 3.8) is 0 Å². The van der Waals surface area contributed by atoms with E-state index >= 15 is 0 Å². The molecule has 118 valence electrons. The number of benzene rings is 1. The van der Waals surface area contributed by atoms with Crippen LogP contribution in [-0.4, -0.2) is 31.9 Å². The van der Waals surface area contributed by atoms with E-state index in [0.29, 0.717) is 18.0 Å². The molecule has 1 aromatic rings. The molecule has 0 bridgehead atoms. The van der Waals surface area contributed by atoms with Crippen LogP contribution in [0.1, 0.15) is 38.7 Å². The van der Waals surface area contributed by atoms with Crippen LogP contribution in [0.2, 0.25) is 0 Å². The Labute approximate surface area is 128 Å². The average Bonchev–Trinajstić information content (AvgIpc) is 2.48. The lowest BCUT2D eigenvalue weighted by Crippen LogP contribution is -2.46. The molecule has 1 heterocycles. The number of hydrogen-bond acceptors (Lipinski definition) is 3. The summed E-state index contributed by atoms with van der Waals surface area (Å²) in [6.45, 7) is 5.19. The van der Waals surface area contributed by atoms with Crippen LogP contribution in [0.25, 0.3) is 0 Å². The zero-order valence-corrected chi connectivity index (χ0v) is 13.8. The van der Waals surface area contributed by atoms with Crippen LogP contribution in [0.3, 0.4) is 0 Å². The van der Waals surface area contributed by atoms with Gasteiger partial charge in [0.1, 0.15) is 0 Å². The van der Waals surface area contributed by atoms with Gasteiger partial charge >= 0.3 is 0 Å². The number of aryl methyl sites for hydroxylation is 1. The first-order valence-electron chi connectivity index (χ1n) is 7.80. The van der Waals surface area contributed by atoms with E-state index in [2.05, 4.69) is 6.92 Å². The molecule has 5 heteroatoms. The molecule has 1 aliphatic heterocycles. The van der Waals surface area contributed by atoms with E-state index in [4.69, 9.17) is 5.73 Å². The highest BCUT2D eigenvalue weighted by molar-refractivity contribution is 7.89. The lowest BCUT2D eigenvalue weighted by molar-refractivity contribution is 0.211. The Kier molecular flexibility index (Phi) is 5.41. The Hall–Kier alpha value is -0.910. The summed E-state index contributed by atoms with van der Waals surface area (Å²) in [5.74, 6) is 0.273. The summed E-state index contributed by atoms with van der Waals surface area (Å²) in [7, 11) is -3.41. The Balaban J connectivity index is 2.23. The van der Waals surface area contributed by atoms with Crippen LogP contribution in [0.4, 0.5) is 0 Å². The first kappa shape index (κ1) is 16.5. The number of hydrogen-bond donors (Lipinski definition) is 1. The summed E-state index contributed by atoms with van der Waals surface area (Å²) in [4.78, 5) is 0.395. The summed E-state index contributed by atoms with van der Waals surface area (Å²) in [6.07, 6.45) is 3.94. The van der Waals surface area contributed by atoms with Crippen molar-refractivity contribution in [3.05, 3.63) is 29.8 Å². The largest absolute Gasteiger partial charge is 0.330 e. The van der Waals surface area contributed by atoms with Gasteiger partial charge in [-0.15, -0.1) is 0 Å². The van der Waals surface area contributed by atoms with Crippen LogP contribution in [-0.2, 0) is 16.4 Å². The van der Waals surface area contributed by atoms with Gasteiger partial charge in [0.25, 0.3) is 0 Å². The number of piperidine rings is 1. The highest BCUT2D eigenvalue weighted by Gasteiger charge is 2.34. The minimum atomic E-state index is -3.41. The van der Waals surface area contributed by atoms with Gasteiger partial charge in [-0.3, -0.25) is 0 Å². The summed E-state index contributed by atoms with van der Waals surface area (Å²) >= 11 is 0. The SMILES string of the molecule is CCCc1ccc(S(=O)(=O)N2CC(CN)CCC2C)cc1. The summed E-state index contributed by atoms with van der Waals surface area (Å²) in [5, 5.41) is 0. The van der Waals surface area contributed by atoms with Crippen molar-refractivity contribution in [1.29, 1.82) is 0 Å². The molecule has 2 atom stereocenters. The molecule has 4 nitrogen and oxygen atoms in total. The maximum absolute atomic E-state index is 12.8. The van der Waals surface area contributed by atoms with Crippen molar-refractivity contribution in [3.8, 4) is 0 Å². The predicted molar refractivity (Wildman–Crippen MR) is 85.6 cm³/mol. The lowest BCUT2D eigenvalue weighted by atomic mass is 9.96. The molecule has 0 radical (unpaired) electrons. The van der Waals surface area contributed by atoms with Crippen LogP contribution < -0.4 is 5.73 Å². The van der Waals surface area contributed by atoms with E-state index < -0.39 is 10.0 Å². The Morgan fingerprint density at radius 2 is 1.90 bits per heavy atom. The number of nitrogens with zero attached hydrogens (tertiary/aromatic N) is 1. The molecule has 2 rings (SSSR count). The Morgan fingerprint density at radius 1 is 1.24 bits per heavy atom. The van der Waals surface area contributed by atoms with Gasteiger partial charge in [0.05, 0.1) is 4.90 Å². The highest BCUT2D eigenvalue weighted by Crippen LogP contribution is 2.27. The molecule has 0 aromatic heterocycles. The normalized spacial score (nSPS) is 24.1.